The van der Waals surface area contributed by atoms with Crippen molar-refractivity contribution in [3.05, 3.63) is 0 Å². The van der Waals surface area contributed by atoms with E-state index in [1.165, 1.54) is 13.3 Å². The number of aliphatic carboxylic acids is 1. The Bertz CT molecular complexity index is 201. The fourth-order valence-electron chi connectivity index (χ4n) is 1.37. The van der Waals surface area contributed by atoms with Gasteiger partial charge in [0.15, 0.2) is 6.10 Å². The Hall–Kier alpha value is -1.06. The maximum Gasteiger partial charge on any atom is 0.345 e. The van der Waals surface area contributed by atoms with Gasteiger partial charge in [-0.05, 0) is 12.8 Å². The lowest BCUT2D eigenvalue weighted by Crippen LogP contribution is -2.25. The van der Waals surface area contributed by atoms with Crippen molar-refractivity contribution in [2.75, 3.05) is 0 Å². The van der Waals surface area contributed by atoms with Crippen molar-refractivity contribution in [2.24, 2.45) is 0 Å². The van der Waals surface area contributed by atoms with Gasteiger partial charge in [0.2, 0.25) is 0 Å². The highest BCUT2D eigenvalue weighted by atomic mass is 16.6. The first-order valence-corrected chi connectivity index (χ1v) is 5.48. The van der Waals surface area contributed by atoms with Crippen molar-refractivity contribution in [2.45, 2.75) is 58.5 Å². The zero-order valence-corrected chi connectivity index (χ0v) is 9.49. The molecule has 1 N–H and O–H groups in total. The number of ether oxygens (including phenoxy) is 1. The summed E-state index contributed by atoms with van der Waals surface area (Å²) in [6.45, 7) is 3.35. The molecule has 0 aromatic carbocycles. The van der Waals surface area contributed by atoms with Gasteiger partial charge in [0, 0.05) is 6.92 Å². The van der Waals surface area contributed by atoms with Gasteiger partial charge in [0.25, 0.3) is 0 Å². The summed E-state index contributed by atoms with van der Waals surface area (Å²) >= 11 is 0. The van der Waals surface area contributed by atoms with Gasteiger partial charge < -0.3 is 9.84 Å². The summed E-state index contributed by atoms with van der Waals surface area (Å²) in [7, 11) is 0. The van der Waals surface area contributed by atoms with Crippen LogP contribution in [0.5, 0.6) is 0 Å². The Morgan fingerprint density at radius 1 is 1.20 bits per heavy atom. The van der Waals surface area contributed by atoms with Gasteiger partial charge in [0.1, 0.15) is 0 Å². The molecule has 15 heavy (non-hydrogen) atoms. The average Bonchev–Trinajstić information content (AvgIpc) is 2.15. The third kappa shape index (κ3) is 7.97. The molecule has 88 valence electrons. The molecular weight excluding hydrogens is 196 g/mol. The molecule has 0 saturated heterocycles. The summed E-state index contributed by atoms with van der Waals surface area (Å²) in [5, 5.41) is 8.75. The van der Waals surface area contributed by atoms with Gasteiger partial charge in [-0.3, -0.25) is 4.79 Å². The Morgan fingerprint density at radius 3 is 2.27 bits per heavy atom. The van der Waals surface area contributed by atoms with Crippen LogP contribution in [0, 0.1) is 0 Å². The molecule has 0 saturated carbocycles. The van der Waals surface area contributed by atoms with Crippen molar-refractivity contribution in [3.8, 4) is 0 Å². The van der Waals surface area contributed by atoms with Gasteiger partial charge >= 0.3 is 11.9 Å². The number of hydrogen-bond donors (Lipinski definition) is 1. The Morgan fingerprint density at radius 2 is 1.80 bits per heavy atom. The van der Waals surface area contributed by atoms with Gasteiger partial charge in [-0.2, -0.15) is 0 Å². The SMILES string of the molecule is CCCCCCCC(OC(C)=O)C(=O)O. The van der Waals surface area contributed by atoms with Crippen LogP contribution in [0.4, 0.5) is 0 Å². The van der Waals surface area contributed by atoms with E-state index in [4.69, 9.17) is 5.11 Å². The molecule has 0 aromatic rings. The van der Waals surface area contributed by atoms with E-state index in [2.05, 4.69) is 11.7 Å². The highest BCUT2D eigenvalue weighted by Gasteiger charge is 2.19. The number of hydrogen-bond acceptors (Lipinski definition) is 3. The first-order chi connectivity index (χ1) is 7.07. The molecule has 0 amide bonds. The summed E-state index contributed by atoms with van der Waals surface area (Å²) in [4.78, 5) is 21.3. The predicted molar refractivity (Wildman–Crippen MR) is 56.6 cm³/mol. The van der Waals surface area contributed by atoms with E-state index < -0.39 is 18.0 Å². The van der Waals surface area contributed by atoms with Gasteiger partial charge in [0.05, 0.1) is 0 Å². The zero-order chi connectivity index (χ0) is 11.7. The van der Waals surface area contributed by atoms with Gasteiger partial charge in [-0.15, -0.1) is 0 Å². The van der Waals surface area contributed by atoms with E-state index in [-0.39, 0.29) is 0 Å². The standard InChI is InChI=1S/C11H20O4/c1-3-4-5-6-7-8-10(11(13)14)15-9(2)12/h10H,3-8H2,1-2H3,(H,13,14). The fraction of sp³-hybridized carbons (Fsp3) is 0.818. The minimum atomic E-state index is -1.05. The van der Waals surface area contributed by atoms with Crippen LogP contribution < -0.4 is 0 Å². The van der Waals surface area contributed by atoms with Gasteiger partial charge in [-0.25, -0.2) is 4.79 Å². The molecule has 0 bridgehead atoms. The lowest BCUT2D eigenvalue weighted by Gasteiger charge is -2.11. The van der Waals surface area contributed by atoms with E-state index in [9.17, 15) is 9.59 Å². The number of carboxylic acids is 1. The summed E-state index contributed by atoms with van der Waals surface area (Å²) in [6.07, 6.45) is 4.69. The normalized spacial score (nSPS) is 12.1. The lowest BCUT2D eigenvalue weighted by atomic mass is 10.1. The van der Waals surface area contributed by atoms with E-state index >= 15 is 0 Å². The molecule has 0 heterocycles. The average molecular weight is 216 g/mol. The largest absolute Gasteiger partial charge is 0.479 e. The topological polar surface area (TPSA) is 63.6 Å². The molecular formula is C11H20O4. The molecule has 0 aromatic heterocycles. The first-order valence-electron chi connectivity index (χ1n) is 5.48. The molecule has 4 nitrogen and oxygen atoms in total. The highest BCUT2D eigenvalue weighted by molar-refractivity contribution is 5.76. The minimum absolute atomic E-state index is 0.415. The van der Waals surface area contributed by atoms with Crippen LogP contribution in [0.25, 0.3) is 0 Å². The molecule has 0 radical (unpaired) electrons. The molecule has 0 rings (SSSR count). The lowest BCUT2D eigenvalue weighted by molar-refractivity contribution is -0.163. The molecule has 0 aliphatic rings. The number of rotatable bonds is 8. The second-order valence-electron chi connectivity index (χ2n) is 3.64. The summed E-state index contributed by atoms with van der Waals surface area (Å²) in [5.41, 5.74) is 0. The molecule has 0 aliphatic carbocycles. The highest BCUT2D eigenvalue weighted by Crippen LogP contribution is 2.09. The smallest absolute Gasteiger partial charge is 0.345 e. The summed E-state index contributed by atoms with van der Waals surface area (Å²) < 4.78 is 4.68. The maximum atomic E-state index is 10.7. The van der Waals surface area contributed by atoms with Crippen LogP contribution >= 0.6 is 0 Å². The molecule has 0 spiro atoms. The number of carbonyl (C=O) groups is 2. The van der Waals surface area contributed by atoms with Crippen molar-refractivity contribution in [1.82, 2.24) is 0 Å². The Balaban J connectivity index is 3.67. The van der Waals surface area contributed by atoms with Crippen LogP contribution in [-0.2, 0) is 14.3 Å². The van der Waals surface area contributed by atoms with Crippen molar-refractivity contribution < 1.29 is 19.4 Å². The van der Waals surface area contributed by atoms with Crippen LogP contribution in [0.3, 0.4) is 0 Å². The quantitative estimate of drug-likeness (QED) is 0.499. The Kier molecular flexibility index (Phi) is 7.68. The van der Waals surface area contributed by atoms with Crippen molar-refractivity contribution >= 4 is 11.9 Å². The summed E-state index contributed by atoms with van der Waals surface area (Å²) in [6, 6.07) is 0. The third-order valence-corrected chi connectivity index (χ3v) is 2.15. The van der Waals surface area contributed by atoms with E-state index in [0.29, 0.717) is 6.42 Å². The van der Waals surface area contributed by atoms with E-state index in [1.807, 2.05) is 0 Å². The zero-order valence-electron chi connectivity index (χ0n) is 9.49. The molecule has 1 unspecified atom stereocenters. The number of carboxylic acid groups (broad SMARTS) is 1. The Labute approximate surface area is 90.6 Å². The van der Waals surface area contributed by atoms with Crippen molar-refractivity contribution in [1.29, 1.82) is 0 Å². The molecule has 1 atom stereocenters. The first kappa shape index (κ1) is 13.9. The van der Waals surface area contributed by atoms with Crippen LogP contribution in [0.2, 0.25) is 0 Å². The summed E-state index contributed by atoms with van der Waals surface area (Å²) in [5.74, 6) is -1.59. The van der Waals surface area contributed by atoms with E-state index in [1.54, 1.807) is 0 Å². The molecule has 0 aliphatic heterocycles. The fourth-order valence-corrected chi connectivity index (χ4v) is 1.37. The van der Waals surface area contributed by atoms with Crippen LogP contribution in [0.15, 0.2) is 0 Å². The second-order valence-corrected chi connectivity index (χ2v) is 3.64. The van der Waals surface area contributed by atoms with Crippen molar-refractivity contribution in [3.63, 3.8) is 0 Å². The van der Waals surface area contributed by atoms with E-state index in [0.717, 1.165) is 25.7 Å². The van der Waals surface area contributed by atoms with Crippen LogP contribution in [0.1, 0.15) is 52.4 Å². The monoisotopic (exact) mass is 216 g/mol. The molecule has 0 fully saturated rings. The third-order valence-electron chi connectivity index (χ3n) is 2.15. The number of unbranched alkanes of at least 4 members (excludes halogenated alkanes) is 4. The number of esters is 1. The number of carbonyl (C=O) groups excluding carboxylic acids is 1. The minimum Gasteiger partial charge on any atom is -0.479 e. The van der Waals surface area contributed by atoms with Gasteiger partial charge in [-0.1, -0.05) is 32.6 Å². The maximum absolute atomic E-state index is 10.7. The molecule has 4 heteroatoms. The van der Waals surface area contributed by atoms with Crippen LogP contribution in [-0.4, -0.2) is 23.1 Å². The second kappa shape index (κ2) is 8.26. The predicted octanol–water partition coefficient (Wildman–Crippen LogP) is 2.36.